The highest BCUT2D eigenvalue weighted by molar-refractivity contribution is 5.94. The molecular weight excluding hydrogens is 364 g/mol. The summed E-state index contributed by atoms with van der Waals surface area (Å²) >= 11 is 0. The average Bonchev–Trinajstić information content (AvgIpc) is 3.25. The number of nitrogens with zero attached hydrogens (tertiary/aromatic N) is 4. The lowest BCUT2D eigenvalue weighted by atomic mass is 10.1. The molecule has 1 aliphatic rings. The number of rotatable bonds is 4. The van der Waals surface area contributed by atoms with Gasteiger partial charge < -0.3 is 14.5 Å². The molecule has 6 nitrogen and oxygen atoms in total. The lowest BCUT2D eigenvalue weighted by Crippen LogP contribution is -2.49. The van der Waals surface area contributed by atoms with Gasteiger partial charge in [0.15, 0.2) is 0 Å². The first-order valence-corrected chi connectivity index (χ1v) is 9.86. The molecule has 0 atom stereocenters. The van der Waals surface area contributed by atoms with Gasteiger partial charge in [-0.25, -0.2) is 4.98 Å². The molecule has 0 spiro atoms. The predicted octanol–water partition coefficient (Wildman–Crippen LogP) is 3.46. The van der Waals surface area contributed by atoms with Crippen LogP contribution in [0.25, 0.3) is 5.69 Å². The van der Waals surface area contributed by atoms with E-state index >= 15 is 0 Å². The molecule has 1 aromatic heterocycles. The summed E-state index contributed by atoms with van der Waals surface area (Å²) in [5.74, 6) is 1.80. The summed E-state index contributed by atoms with van der Waals surface area (Å²) in [6, 6.07) is 13.9. The van der Waals surface area contributed by atoms with Gasteiger partial charge in [0.05, 0.1) is 12.8 Å². The molecule has 1 aliphatic heterocycles. The van der Waals surface area contributed by atoms with Crippen molar-refractivity contribution in [3.05, 3.63) is 71.5 Å². The molecule has 0 N–H and O–H groups in total. The standard InChI is InChI=1S/C23H26N4O2/c1-17-7-8-19(15-18(17)2)22(28)25-11-13-26(14-12-25)23-24-9-10-27(23)20-5-4-6-21(16-20)29-3/h4-10,15-16H,11-14H2,1-3H3. The lowest BCUT2D eigenvalue weighted by Gasteiger charge is -2.35. The van der Waals surface area contributed by atoms with Crippen molar-refractivity contribution in [3.8, 4) is 11.4 Å². The van der Waals surface area contributed by atoms with Crippen LogP contribution in [0.4, 0.5) is 5.95 Å². The third-order valence-electron chi connectivity index (χ3n) is 5.56. The van der Waals surface area contributed by atoms with E-state index in [1.54, 1.807) is 13.3 Å². The van der Waals surface area contributed by atoms with Gasteiger partial charge in [0.1, 0.15) is 5.75 Å². The minimum Gasteiger partial charge on any atom is -0.497 e. The fourth-order valence-corrected chi connectivity index (χ4v) is 3.66. The normalized spacial score (nSPS) is 14.2. The Morgan fingerprint density at radius 2 is 1.79 bits per heavy atom. The fourth-order valence-electron chi connectivity index (χ4n) is 3.66. The van der Waals surface area contributed by atoms with E-state index in [-0.39, 0.29) is 5.91 Å². The van der Waals surface area contributed by atoms with Crippen molar-refractivity contribution >= 4 is 11.9 Å². The Balaban J connectivity index is 1.47. The van der Waals surface area contributed by atoms with Crippen LogP contribution in [0.1, 0.15) is 21.5 Å². The van der Waals surface area contributed by atoms with Crippen molar-refractivity contribution in [2.75, 3.05) is 38.2 Å². The second-order valence-electron chi connectivity index (χ2n) is 7.38. The van der Waals surface area contributed by atoms with Gasteiger partial charge in [0, 0.05) is 50.2 Å². The van der Waals surface area contributed by atoms with E-state index in [2.05, 4.69) is 21.4 Å². The summed E-state index contributed by atoms with van der Waals surface area (Å²) in [5.41, 5.74) is 4.12. The molecular formula is C23H26N4O2. The quantitative estimate of drug-likeness (QED) is 0.685. The second kappa shape index (κ2) is 7.99. The number of ether oxygens (including phenoxy) is 1. The molecule has 1 saturated heterocycles. The largest absolute Gasteiger partial charge is 0.497 e. The number of anilines is 1. The van der Waals surface area contributed by atoms with E-state index in [1.165, 1.54) is 5.56 Å². The Labute approximate surface area is 171 Å². The van der Waals surface area contributed by atoms with Gasteiger partial charge in [-0.2, -0.15) is 0 Å². The number of piperazine rings is 1. The number of aryl methyl sites for hydroxylation is 2. The third kappa shape index (κ3) is 3.83. The number of imidazole rings is 1. The minimum absolute atomic E-state index is 0.101. The highest BCUT2D eigenvalue weighted by Gasteiger charge is 2.24. The summed E-state index contributed by atoms with van der Waals surface area (Å²) < 4.78 is 7.40. The molecule has 0 saturated carbocycles. The molecule has 3 aromatic rings. The predicted molar refractivity (Wildman–Crippen MR) is 114 cm³/mol. The van der Waals surface area contributed by atoms with Crippen LogP contribution in [0.3, 0.4) is 0 Å². The highest BCUT2D eigenvalue weighted by atomic mass is 16.5. The second-order valence-corrected chi connectivity index (χ2v) is 7.38. The zero-order valence-corrected chi connectivity index (χ0v) is 17.1. The van der Waals surface area contributed by atoms with Crippen molar-refractivity contribution in [2.45, 2.75) is 13.8 Å². The van der Waals surface area contributed by atoms with Crippen molar-refractivity contribution in [1.82, 2.24) is 14.5 Å². The molecule has 6 heteroatoms. The van der Waals surface area contributed by atoms with Gasteiger partial charge in [-0.15, -0.1) is 0 Å². The Hall–Kier alpha value is -3.28. The van der Waals surface area contributed by atoms with Crippen LogP contribution in [0.2, 0.25) is 0 Å². The topological polar surface area (TPSA) is 50.6 Å². The molecule has 2 heterocycles. The van der Waals surface area contributed by atoms with Gasteiger partial charge in [0.2, 0.25) is 5.95 Å². The van der Waals surface area contributed by atoms with Crippen LogP contribution >= 0.6 is 0 Å². The van der Waals surface area contributed by atoms with Crippen LogP contribution in [0.5, 0.6) is 5.75 Å². The third-order valence-corrected chi connectivity index (χ3v) is 5.56. The molecule has 1 fully saturated rings. The van der Waals surface area contributed by atoms with Crippen LogP contribution < -0.4 is 9.64 Å². The summed E-state index contributed by atoms with van der Waals surface area (Å²) in [4.78, 5) is 21.6. The number of hydrogen-bond donors (Lipinski definition) is 0. The van der Waals surface area contributed by atoms with Crippen molar-refractivity contribution in [2.24, 2.45) is 0 Å². The molecule has 0 unspecified atom stereocenters. The molecule has 0 bridgehead atoms. The summed E-state index contributed by atoms with van der Waals surface area (Å²) in [5, 5.41) is 0. The van der Waals surface area contributed by atoms with E-state index in [0.717, 1.165) is 41.6 Å². The maximum absolute atomic E-state index is 12.9. The molecule has 2 aromatic carbocycles. The summed E-state index contributed by atoms with van der Waals surface area (Å²) in [6.07, 6.45) is 3.76. The number of methoxy groups -OCH3 is 1. The first-order valence-electron chi connectivity index (χ1n) is 9.86. The Morgan fingerprint density at radius 3 is 2.52 bits per heavy atom. The van der Waals surface area contributed by atoms with E-state index in [9.17, 15) is 4.79 Å². The number of carbonyl (C=O) groups is 1. The Kier molecular flexibility index (Phi) is 5.25. The minimum atomic E-state index is 0.101. The number of benzene rings is 2. The first-order chi connectivity index (χ1) is 14.1. The van der Waals surface area contributed by atoms with Gasteiger partial charge in [-0.3, -0.25) is 9.36 Å². The molecule has 1 amide bonds. The molecule has 4 rings (SSSR count). The summed E-state index contributed by atoms with van der Waals surface area (Å²) in [7, 11) is 1.67. The maximum Gasteiger partial charge on any atom is 0.253 e. The highest BCUT2D eigenvalue weighted by Crippen LogP contribution is 2.23. The van der Waals surface area contributed by atoms with Gasteiger partial charge in [-0.1, -0.05) is 12.1 Å². The summed E-state index contributed by atoms with van der Waals surface area (Å²) in [6.45, 7) is 6.96. The van der Waals surface area contributed by atoms with Crippen molar-refractivity contribution < 1.29 is 9.53 Å². The van der Waals surface area contributed by atoms with E-state index < -0.39 is 0 Å². The van der Waals surface area contributed by atoms with E-state index in [0.29, 0.717) is 13.1 Å². The Bertz CT molecular complexity index is 1020. The van der Waals surface area contributed by atoms with E-state index in [1.807, 2.05) is 60.5 Å². The number of aromatic nitrogens is 2. The monoisotopic (exact) mass is 390 g/mol. The molecule has 0 radical (unpaired) electrons. The van der Waals surface area contributed by atoms with Crippen LogP contribution in [0.15, 0.2) is 54.9 Å². The van der Waals surface area contributed by atoms with Crippen LogP contribution in [0, 0.1) is 13.8 Å². The van der Waals surface area contributed by atoms with Gasteiger partial charge in [-0.05, 0) is 49.2 Å². The molecule has 29 heavy (non-hydrogen) atoms. The SMILES string of the molecule is COc1cccc(-n2ccnc2N2CCN(C(=O)c3ccc(C)c(C)c3)CC2)c1. The zero-order valence-electron chi connectivity index (χ0n) is 17.1. The van der Waals surface area contributed by atoms with Crippen LogP contribution in [-0.2, 0) is 0 Å². The fraction of sp³-hybridized carbons (Fsp3) is 0.304. The smallest absolute Gasteiger partial charge is 0.253 e. The Morgan fingerprint density at radius 1 is 1.00 bits per heavy atom. The first kappa shape index (κ1) is 19.1. The zero-order chi connectivity index (χ0) is 20.4. The molecule has 150 valence electrons. The average molecular weight is 390 g/mol. The van der Waals surface area contributed by atoms with Crippen molar-refractivity contribution in [1.29, 1.82) is 0 Å². The lowest BCUT2D eigenvalue weighted by molar-refractivity contribution is 0.0746. The van der Waals surface area contributed by atoms with Gasteiger partial charge in [0.25, 0.3) is 5.91 Å². The maximum atomic E-state index is 12.9. The number of hydrogen-bond acceptors (Lipinski definition) is 4. The van der Waals surface area contributed by atoms with Crippen molar-refractivity contribution in [3.63, 3.8) is 0 Å². The van der Waals surface area contributed by atoms with Crippen LogP contribution in [-0.4, -0.2) is 53.6 Å². The van der Waals surface area contributed by atoms with E-state index in [4.69, 9.17) is 4.74 Å². The molecule has 0 aliphatic carbocycles. The number of amides is 1. The van der Waals surface area contributed by atoms with Gasteiger partial charge >= 0.3 is 0 Å². The number of carbonyl (C=O) groups excluding carboxylic acids is 1.